The molecule has 3 heteroatoms. The third-order valence-electron chi connectivity index (χ3n) is 3.29. The minimum absolute atomic E-state index is 0.125. The standard InChI is InChI=1S/C14H20O3/c1-3-12-5-4-11(2)6-13(12)17-10-14(7-15)8-16-9-14/h4-6,15H,3,7-10H2,1-2H3. The van der Waals surface area contributed by atoms with Crippen molar-refractivity contribution in [3.05, 3.63) is 29.3 Å². The van der Waals surface area contributed by atoms with Gasteiger partial charge in [0.05, 0.1) is 25.2 Å². The second kappa shape index (κ2) is 5.07. The smallest absolute Gasteiger partial charge is 0.122 e. The number of ether oxygens (including phenoxy) is 2. The van der Waals surface area contributed by atoms with Gasteiger partial charge < -0.3 is 14.6 Å². The number of aryl methyl sites for hydroxylation is 2. The number of aliphatic hydroxyl groups excluding tert-OH is 1. The van der Waals surface area contributed by atoms with Crippen molar-refractivity contribution in [3.63, 3.8) is 0 Å². The summed E-state index contributed by atoms with van der Waals surface area (Å²) in [5, 5.41) is 9.34. The summed E-state index contributed by atoms with van der Waals surface area (Å²) < 4.78 is 11.0. The lowest BCUT2D eigenvalue weighted by atomic mass is 9.88. The van der Waals surface area contributed by atoms with E-state index in [9.17, 15) is 5.11 Å². The van der Waals surface area contributed by atoms with Crippen LogP contribution in [0.15, 0.2) is 18.2 Å². The predicted molar refractivity (Wildman–Crippen MR) is 66.4 cm³/mol. The Bertz CT molecular complexity index is 378. The average Bonchev–Trinajstić information content (AvgIpc) is 2.28. The van der Waals surface area contributed by atoms with E-state index in [0.29, 0.717) is 19.8 Å². The summed E-state index contributed by atoms with van der Waals surface area (Å²) in [5.74, 6) is 0.937. The second-order valence-electron chi connectivity index (χ2n) is 4.90. The SMILES string of the molecule is CCc1ccc(C)cc1OCC1(CO)COC1. The topological polar surface area (TPSA) is 38.7 Å². The summed E-state index contributed by atoms with van der Waals surface area (Å²) in [6, 6.07) is 6.26. The van der Waals surface area contributed by atoms with Crippen molar-refractivity contribution >= 4 is 0 Å². The van der Waals surface area contributed by atoms with Gasteiger partial charge in [0.2, 0.25) is 0 Å². The number of rotatable bonds is 5. The summed E-state index contributed by atoms with van der Waals surface area (Å²) in [5.41, 5.74) is 2.22. The van der Waals surface area contributed by atoms with E-state index in [-0.39, 0.29) is 12.0 Å². The lowest BCUT2D eigenvalue weighted by molar-refractivity contribution is -0.153. The van der Waals surface area contributed by atoms with Crippen molar-refractivity contribution in [3.8, 4) is 5.75 Å². The highest BCUT2D eigenvalue weighted by atomic mass is 16.5. The molecule has 94 valence electrons. The van der Waals surface area contributed by atoms with E-state index >= 15 is 0 Å². The zero-order valence-corrected chi connectivity index (χ0v) is 10.5. The molecule has 1 N–H and O–H groups in total. The van der Waals surface area contributed by atoms with Crippen molar-refractivity contribution in [2.75, 3.05) is 26.4 Å². The molecule has 0 atom stereocenters. The highest BCUT2D eigenvalue weighted by molar-refractivity contribution is 5.37. The Labute approximate surface area is 102 Å². The molecule has 0 radical (unpaired) electrons. The van der Waals surface area contributed by atoms with Crippen molar-refractivity contribution in [1.29, 1.82) is 0 Å². The van der Waals surface area contributed by atoms with Gasteiger partial charge in [-0.15, -0.1) is 0 Å². The zero-order chi connectivity index (χ0) is 12.3. The van der Waals surface area contributed by atoms with E-state index in [1.165, 1.54) is 11.1 Å². The van der Waals surface area contributed by atoms with Crippen LogP contribution in [0.3, 0.4) is 0 Å². The van der Waals surface area contributed by atoms with Crippen LogP contribution in [0.4, 0.5) is 0 Å². The molecule has 1 aromatic rings. The van der Waals surface area contributed by atoms with Gasteiger partial charge in [-0.05, 0) is 30.5 Å². The van der Waals surface area contributed by atoms with Crippen LogP contribution in [0.5, 0.6) is 5.75 Å². The number of hydrogen-bond donors (Lipinski definition) is 1. The van der Waals surface area contributed by atoms with Crippen LogP contribution in [0, 0.1) is 12.3 Å². The number of aliphatic hydroxyl groups is 1. The van der Waals surface area contributed by atoms with Crippen LogP contribution in [0.25, 0.3) is 0 Å². The molecule has 0 bridgehead atoms. The summed E-state index contributed by atoms with van der Waals surface area (Å²) in [4.78, 5) is 0. The Morgan fingerprint density at radius 3 is 2.71 bits per heavy atom. The lowest BCUT2D eigenvalue weighted by Crippen LogP contribution is -2.50. The van der Waals surface area contributed by atoms with Crippen LogP contribution >= 0.6 is 0 Å². The first-order valence-electron chi connectivity index (χ1n) is 6.10. The maximum Gasteiger partial charge on any atom is 0.122 e. The molecule has 0 spiro atoms. The maximum absolute atomic E-state index is 9.34. The molecule has 1 aliphatic rings. The predicted octanol–water partition coefficient (Wildman–Crippen LogP) is 1.95. The normalized spacial score (nSPS) is 17.6. The molecule has 2 rings (SSSR count). The van der Waals surface area contributed by atoms with Crippen LogP contribution in [0.1, 0.15) is 18.1 Å². The Morgan fingerprint density at radius 2 is 2.18 bits per heavy atom. The van der Waals surface area contributed by atoms with E-state index in [1.54, 1.807) is 0 Å². The van der Waals surface area contributed by atoms with Gasteiger partial charge in [-0.1, -0.05) is 19.1 Å². The van der Waals surface area contributed by atoms with E-state index in [2.05, 4.69) is 32.0 Å². The van der Waals surface area contributed by atoms with Crippen LogP contribution in [0.2, 0.25) is 0 Å². The van der Waals surface area contributed by atoms with Crippen molar-refractivity contribution < 1.29 is 14.6 Å². The van der Waals surface area contributed by atoms with E-state index in [1.807, 2.05) is 0 Å². The molecule has 1 aromatic carbocycles. The Hall–Kier alpha value is -1.06. The number of hydrogen-bond acceptors (Lipinski definition) is 3. The zero-order valence-electron chi connectivity index (χ0n) is 10.5. The molecular weight excluding hydrogens is 216 g/mol. The van der Waals surface area contributed by atoms with Crippen molar-refractivity contribution in [2.45, 2.75) is 20.3 Å². The first-order valence-corrected chi connectivity index (χ1v) is 6.10. The van der Waals surface area contributed by atoms with E-state index < -0.39 is 0 Å². The highest BCUT2D eigenvalue weighted by Crippen LogP contribution is 2.29. The third kappa shape index (κ3) is 2.61. The first-order chi connectivity index (χ1) is 8.19. The second-order valence-corrected chi connectivity index (χ2v) is 4.90. The molecule has 17 heavy (non-hydrogen) atoms. The minimum Gasteiger partial charge on any atom is -0.492 e. The minimum atomic E-state index is -0.186. The molecular formula is C14H20O3. The van der Waals surface area contributed by atoms with Crippen LogP contribution in [-0.4, -0.2) is 31.5 Å². The summed E-state index contributed by atoms with van der Waals surface area (Å²) in [6.07, 6.45) is 0.957. The van der Waals surface area contributed by atoms with Gasteiger partial charge in [-0.25, -0.2) is 0 Å². The molecule has 3 nitrogen and oxygen atoms in total. The average molecular weight is 236 g/mol. The Kier molecular flexibility index (Phi) is 3.69. The largest absolute Gasteiger partial charge is 0.492 e. The summed E-state index contributed by atoms with van der Waals surface area (Å²) in [6.45, 7) is 6.01. The van der Waals surface area contributed by atoms with Gasteiger partial charge in [0.1, 0.15) is 12.4 Å². The molecule has 1 heterocycles. The van der Waals surface area contributed by atoms with Gasteiger partial charge in [-0.3, -0.25) is 0 Å². The molecule has 0 saturated carbocycles. The Morgan fingerprint density at radius 1 is 1.41 bits per heavy atom. The molecule has 0 aromatic heterocycles. The third-order valence-corrected chi connectivity index (χ3v) is 3.29. The van der Waals surface area contributed by atoms with Gasteiger partial charge in [0.25, 0.3) is 0 Å². The molecule has 1 fully saturated rings. The van der Waals surface area contributed by atoms with Crippen LogP contribution < -0.4 is 4.74 Å². The highest BCUT2D eigenvalue weighted by Gasteiger charge is 2.39. The van der Waals surface area contributed by atoms with Gasteiger partial charge in [-0.2, -0.15) is 0 Å². The molecule has 1 aliphatic heterocycles. The monoisotopic (exact) mass is 236 g/mol. The maximum atomic E-state index is 9.34. The number of benzene rings is 1. The van der Waals surface area contributed by atoms with Gasteiger partial charge >= 0.3 is 0 Å². The fraction of sp³-hybridized carbons (Fsp3) is 0.571. The van der Waals surface area contributed by atoms with E-state index in [4.69, 9.17) is 9.47 Å². The Balaban J connectivity index is 2.05. The molecule has 0 amide bonds. The van der Waals surface area contributed by atoms with E-state index in [0.717, 1.165) is 12.2 Å². The van der Waals surface area contributed by atoms with Gasteiger partial charge in [0.15, 0.2) is 0 Å². The van der Waals surface area contributed by atoms with Crippen molar-refractivity contribution in [1.82, 2.24) is 0 Å². The summed E-state index contributed by atoms with van der Waals surface area (Å²) in [7, 11) is 0. The molecule has 0 unspecified atom stereocenters. The molecule has 0 aliphatic carbocycles. The fourth-order valence-electron chi connectivity index (χ4n) is 1.93. The quantitative estimate of drug-likeness (QED) is 0.849. The van der Waals surface area contributed by atoms with Crippen molar-refractivity contribution in [2.24, 2.45) is 5.41 Å². The first kappa shape index (κ1) is 12.4. The molecule has 1 saturated heterocycles. The van der Waals surface area contributed by atoms with Gasteiger partial charge in [0, 0.05) is 0 Å². The lowest BCUT2D eigenvalue weighted by Gasteiger charge is -2.39. The van der Waals surface area contributed by atoms with Crippen LogP contribution in [-0.2, 0) is 11.2 Å². The summed E-state index contributed by atoms with van der Waals surface area (Å²) >= 11 is 0. The fourth-order valence-corrected chi connectivity index (χ4v) is 1.93.